The van der Waals surface area contributed by atoms with E-state index in [1.54, 1.807) is 37.3 Å². The van der Waals surface area contributed by atoms with Gasteiger partial charge in [-0.3, -0.25) is 4.79 Å². The first kappa shape index (κ1) is 16.2. The highest BCUT2D eigenvalue weighted by Gasteiger charge is 2.21. The first-order valence-electron chi connectivity index (χ1n) is 6.78. The van der Waals surface area contributed by atoms with E-state index in [-0.39, 0.29) is 18.1 Å². The fraction of sp³-hybridized carbons (Fsp3) is 0.200. The fourth-order valence-corrected chi connectivity index (χ4v) is 1.78. The molecule has 0 unspecified atom stereocenters. The van der Waals surface area contributed by atoms with Crippen LogP contribution in [0, 0.1) is 0 Å². The predicted octanol–water partition coefficient (Wildman–Crippen LogP) is 1.93. The molecule has 0 spiro atoms. The summed E-state index contributed by atoms with van der Waals surface area (Å²) < 4.78 is 10.2. The van der Waals surface area contributed by atoms with Crippen LogP contribution in [-0.2, 0) is 9.47 Å². The Balaban J connectivity index is 2.30. The number of anilines is 1. The van der Waals surface area contributed by atoms with Crippen LogP contribution in [0.25, 0.3) is 0 Å². The summed E-state index contributed by atoms with van der Waals surface area (Å²) in [6.07, 6.45) is -0.844. The van der Waals surface area contributed by atoms with Gasteiger partial charge in [0.25, 0.3) is 5.91 Å². The summed E-state index contributed by atoms with van der Waals surface area (Å²) in [7, 11) is 1.16. The molecule has 0 saturated heterocycles. The van der Waals surface area contributed by atoms with Crippen molar-refractivity contribution in [1.29, 1.82) is 0 Å². The van der Waals surface area contributed by atoms with Gasteiger partial charge in [-0.05, 0) is 19.1 Å². The van der Waals surface area contributed by atoms with Gasteiger partial charge in [0.05, 0.1) is 13.7 Å². The van der Waals surface area contributed by atoms with Crippen molar-refractivity contribution < 1.29 is 23.9 Å². The van der Waals surface area contributed by atoms with Gasteiger partial charge in [-0.1, -0.05) is 18.2 Å². The number of nitrogens with zero attached hydrogens (tertiary/aromatic N) is 2. The minimum Gasteiger partial charge on any atom is -0.461 e. The maximum absolute atomic E-state index is 12.2. The average Bonchev–Trinajstić information content (AvgIpc) is 2.99. The van der Waals surface area contributed by atoms with E-state index in [2.05, 4.69) is 15.2 Å². The Hall–Kier alpha value is -3.16. The number of carbonyl (C=O) groups is 3. The van der Waals surface area contributed by atoms with E-state index in [0.29, 0.717) is 5.56 Å². The number of methoxy groups -OCH3 is 1. The third kappa shape index (κ3) is 3.73. The standard InChI is InChI=1S/C15H15N3O5/c1-3-23-14(20)11-9-12(18(17-11)15(21)22-2)16-13(19)10-7-5-4-6-8-10/h4-9H,3H2,1-2H3,(H,16,19). The van der Waals surface area contributed by atoms with Gasteiger partial charge < -0.3 is 14.8 Å². The van der Waals surface area contributed by atoms with E-state index in [4.69, 9.17) is 4.74 Å². The molecule has 0 aliphatic carbocycles. The topological polar surface area (TPSA) is 99.5 Å². The second-order valence-corrected chi connectivity index (χ2v) is 4.34. The Morgan fingerprint density at radius 2 is 1.91 bits per heavy atom. The number of ether oxygens (including phenoxy) is 2. The molecule has 8 nitrogen and oxygen atoms in total. The molecule has 0 radical (unpaired) electrons. The SMILES string of the molecule is CCOC(=O)c1cc(NC(=O)c2ccccc2)n(C(=O)OC)n1. The molecule has 0 aliphatic rings. The molecule has 1 heterocycles. The molecule has 0 aliphatic heterocycles. The maximum Gasteiger partial charge on any atom is 0.436 e. The van der Waals surface area contributed by atoms with Gasteiger partial charge >= 0.3 is 12.1 Å². The number of carbonyl (C=O) groups excluding carboxylic acids is 3. The molecule has 0 saturated carbocycles. The molecule has 120 valence electrons. The van der Waals surface area contributed by atoms with Crippen molar-refractivity contribution >= 4 is 23.8 Å². The molecule has 1 aromatic carbocycles. The van der Waals surface area contributed by atoms with E-state index in [1.165, 1.54) is 6.07 Å². The zero-order valence-corrected chi connectivity index (χ0v) is 12.6. The summed E-state index contributed by atoms with van der Waals surface area (Å²) in [6.45, 7) is 1.81. The van der Waals surface area contributed by atoms with Crippen LogP contribution in [0.4, 0.5) is 10.6 Å². The highest BCUT2D eigenvalue weighted by molar-refractivity contribution is 6.05. The molecule has 1 N–H and O–H groups in total. The molecule has 1 aromatic heterocycles. The van der Waals surface area contributed by atoms with E-state index in [1.807, 2.05) is 0 Å². The highest BCUT2D eigenvalue weighted by Crippen LogP contribution is 2.14. The van der Waals surface area contributed by atoms with Gasteiger partial charge in [0, 0.05) is 11.6 Å². The van der Waals surface area contributed by atoms with Crippen molar-refractivity contribution in [2.75, 3.05) is 19.0 Å². The third-order valence-electron chi connectivity index (χ3n) is 2.82. The maximum atomic E-state index is 12.2. The molecular weight excluding hydrogens is 302 g/mol. The number of nitrogens with one attached hydrogen (secondary N) is 1. The predicted molar refractivity (Wildman–Crippen MR) is 80.4 cm³/mol. The summed E-state index contributed by atoms with van der Waals surface area (Å²) >= 11 is 0. The number of hydrogen-bond acceptors (Lipinski definition) is 6. The summed E-state index contributed by atoms with van der Waals surface area (Å²) in [5.41, 5.74) is 0.281. The second kappa shape index (κ2) is 7.21. The smallest absolute Gasteiger partial charge is 0.436 e. The van der Waals surface area contributed by atoms with Crippen molar-refractivity contribution in [1.82, 2.24) is 9.78 Å². The summed E-state index contributed by atoms with van der Waals surface area (Å²) in [5.74, 6) is -1.15. The van der Waals surface area contributed by atoms with Crippen LogP contribution in [0.1, 0.15) is 27.8 Å². The number of amides is 1. The highest BCUT2D eigenvalue weighted by atomic mass is 16.5. The lowest BCUT2D eigenvalue weighted by Gasteiger charge is -2.06. The first-order chi connectivity index (χ1) is 11.1. The van der Waals surface area contributed by atoms with Crippen LogP contribution in [0.3, 0.4) is 0 Å². The fourth-order valence-electron chi connectivity index (χ4n) is 1.78. The van der Waals surface area contributed by atoms with E-state index in [0.717, 1.165) is 11.8 Å². The molecule has 2 aromatic rings. The van der Waals surface area contributed by atoms with Crippen LogP contribution in [0.15, 0.2) is 36.4 Å². The number of esters is 1. The van der Waals surface area contributed by atoms with Crippen LogP contribution in [-0.4, -0.2) is 41.5 Å². The number of rotatable bonds is 4. The third-order valence-corrected chi connectivity index (χ3v) is 2.82. The van der Waals surface area contributed by atoms with Crippen molar-refractivity contribution in [2.24, 2.45) is 0 Å². The largest absolute Gasteiger partial charge is 0.461 e. The molecule has 0 fully saturated rings. The quantitative estimate of drug-likeness (QED) is 0.865. The minimum atomic E-state index is -0.844. The molecule has 23 heavy (non-hydrogen) atoms. The van der Waals surface area contributed by atoms with Crippen LogP contribution in [0.2, 0.25) is 0 Å². The van der Waals surface area contributed by atoms with Crippen LogP contribution < -0.4 is 5.32 Å². The Bertz CT molecular complexity index is 724. The molecule has 0 atom stereocenters. The van der Waals surface area contributed by atoms with Gasteiger partial charge in [0.15, 0.2) is 5.69 Å². The summed E-state index contributed by atoms with van der Waals surface area (Å²) in [5, 5.41) is 6.31. The van der Waals surface area contributed by atoms with Crippen molar-refractivity contribution in [2.45, 2.75) is 6.92 Å². The zero-order valence-electron chi connectivity index (χ0n) is 12.6. The van der Waals surface area contributed by atoms with E-state index in [9.17, 15) is 14.4 Å². The van der Waals surface area contributed by atoms with Gasteiger partial charge in [-0.25, -0.2) is 9.59 Å². The van der Waals surface area contributed by atoms with E-state index < -0.39 is 18.0 Å². The molecule has 8 heteroatoms. The van der Waals surface area contributed by atoms with Gasteiger partial charge in [0.2, 0.25) is 0 Å². The summed E-state index contributed by atoms with van der Waals surface area (Å²) in [6, 6.07) is 9.65. The Morgan fingerprint density at radius 1 is 1.22 bits per heavy atom. The lowest BCUT2D eigenvalue weighted by atomic mass is 10.2. The first-order valence-corrected chi connectivity index (χ1v) is 6.78. The number of aromatic nitrogens is 2. The lowest BCUT2D eigenvalue weighted by Crippen LogP contribution is -2.20. The second-order valence-electron chi connectivity index (χ2n) is 4.34. The Morgan fingerprint density at radius 3 is 2.52 bits per heavy atom. The van der Waals surface area contributed by atoms with Crippen LogP contribution >= 0.6 is 0 Å². The lowest BCUT2D eigenvalue weighted by molar-refractivity contribution is 0.0518. The van der Waals surface area contributed by atoms with Gasteiger partial charge in [-0.15, -0.1) is 4.68 Å². The van der Waals surface area contributed by atoms with Gasteiger partial charge in [0.1, 0.15) is 5.82 Å². The Labute approximate surface area is 132 Å². The van der Waals surface area contributed by atoms with Crippen molar-refractivity contribution in [3.05, 3.63) is 47.7 Å². The Kier molecular flexibility index (Phi) is 5.08. The van der Waals surface area contributed by atoms with Crippen molar-refractivity contribution in [3.8, 4) is 0 Å². The number of hydrogen-bond donors (Lipinski definition) is 1. The molecule has 2 rings (SSSR count). The summed E-state index contributed by atoms with van der Waals surface area (Å²) in [4.78, 5) is 35.6. The normalized spacial score (nSPS) is 10.0. The average molecular weight is 317 g/mol. The van der Waals surface area contributed by atoms with Crippen molar-refractivity contribution in [3.63, 3.8) is 0 Å². The monoisotopic (exact) mass is 317 g/mol. The minimum absolute atomic E-state index is 0.00811. The van der Waals surface area contributed by atoms with E-state index >= 15 is 0 Å². The number of benzene rings is 1. The zero-order chi connectivity index (χ0) is 16.8. The molecule has 0 bridgehead atoms. The van der Waals surface area contributed by atoms with Crippen LogP contribution in [0.5, 0.6) is 0 Å². The molecule has 1 amide bonds. The molecular formula is C15H15N3O5. The van der Waals surface area contributed by atoms with Gasteiger partial charge in [-0.2, -0.15) is 5.10 Å².